The summed E-state index contributed by atoms with van der Waals surface area (Å²) < 4.78 is 1.11. The summed E-state index contributed by atoms with van der Waals surface area (Å²) in [6.45, 7) is 0. The number of carboxylic acid groups (broad SMARTS) is 1. The molecule has 1 amide bonds. The van der Waals surface area contributed by atoms with Gasteiger partial charge >= 0.3 is 5.97 Å². The highest BCUT2D eigenvalue weighted by molar-refractivity contribution is 7.17. The van der Waals surface area contributed by atoms with Crippen LogP contribution >= 0.6 is 22.7 Å². The summed E-state index contributed by atoms with van der Waals surface area (Å²) in [6, 6.07) is 15.1. The van der Waals surface area contributed by atoms with Gasteiger partial charge in [-0.25, -0.2) is 4.79 Å². The van der Waals surface area contributed by atoms with Gasteiger partial charge in [-0.3, -0.25) is 4.79 Å². The summed E-state index contributed by atoms with van der Waals surface area (Å²) in [5.74, 6) is -1.38. The second-order valence-electron chi connectivity index (χ2n) is 6.15. The number of benzene rings is 2. The summed E-state index contributed by atoms with van der Waals surface area (Å²) in [6.07, 6.45) is 0. The molecule has 27 heavy (non-hydrogen) atoms. The van der Waals surface area contributed by atoms with Gasteiger partial charge in [-0.1, -0.05) is 29.7 Å². The molecule has 0 radical (unpaired) electrons. The number of nitrogens with one attached hydrogen (secondary N) is 1. The molecule has 2 aromatic carbocycles. The zero-order valence-corrected chi connectivity index (χ0v) is 16.0. The molecule has 132 valence electrons. The lowest BCUT2D eigenvalue weighted by molar-refractivity contribution is 0.0699. The smallest absolute Gasteiger partial charge is 0.339 e. The quantitative estimate of drug-likeness (QED) is 0.520. The molecule has 0 aliphatic rings. The lowest BCUT2D eigenvalue weighted by Gasteiger charge is -2.07. The third-order valence-electron chi connectivity index (χ3n) is 4.31. The van der Waals surface area contributed by atoms with Crippen molar-refractivity contribution in [1.82, 2.24) is 0 Å². The van der Waals surface area contributed by atoms with Gasteiger partial charge in [0, 0.05) is 21.2 Å². The van der Waals surface area contributed by atoms with Crippen LogP contribution in [0.5, 0.6) is 0 Å². The Morgan fingerprint density at radius 3 is 2.52 bits per heavy atom. The summed E-state index contributed by atoms with van der Waals surface area (Å²) in [7, 11) is 1.98. The Kier molecular flexibility index (Phi) is 4.55. The molecule has 0 atom stereocenters. The molecule has 0 fully saturated rings. The van der Waals surface area contributed by atoms with E-state index in [4.69, 9.17) is 0 Å². The zero-order valence-electron chi connectivity index (χ0n) is 14.4. The monoisotopic (exact) mass is 391 g/mol. The van der Waals surface area contributed by atoms with E-state index in [0.29, 0.717) is 16.1 Å². The van der Waals surface area contributed by atoms with Gasteiger partial charge in [0.1, 0.15) is 18.4 Å². The fourth-order valence-corrected chi connectivity index (χ4v) is 4.62. The lowest BCUT2D eigenvalue weighted by atomic mass is 9.93. The number of thiophene rings is 2. The third kappa shape index (κ3) is 3.39. The van der Waals surface area contributed by atoms with Gasteiger partial charge in [-0.05, 0) is 40.6 Å². The number of hydrogen-bond donors (Lipinski definition) is 2. The standard InChI is InChI=1S/C20H14BNO3S2/c21-14-4-1-11(2-5-14)15-10-27-19(17(15)20(24)25)22-18(23)13-3-6-16-12(9-13)7-8-26-16/h1-10H,21H2,(H,22,23)(H,24,25). The minimum atomic E-state index is -1.06. The van der Waals surface area contributed by atoms with Crippen molar-refractivity contribution in [3.8, 4) is 11.1 Å². The van der Waals surface area contributed by atoms with Crippen LogP contribution in [-0.2, 0) is 0 Å². The largest absolute Gasteiger partial charge is 0.478 e. The number of anilines is 1. The molecular formula is C20H14BNO3S2. The first-order valence-electron chi connectivity index (χ1n) is 8.23. The van der Waals surface area contributed by atoms with Crippen LogP contribution in [0.3, 0.4) is 0 Å². The zero-order chi connectivity index (χ0) is 19.0. The highest BCUT2D eigenvalue weighted by Gasteiger charge is 2.21. The van der Waals surface area contributed by atoms with Crippen LogP contribution in [-0.4, -0.2) is 24.8 Å². The first-order valence-corrected chi connectivity index (χ1v) is 9.99. The van der Waals surface area contributed by atoms with E-state index in [0.717, 1.165) is 21.1 Å². The van der Waals surface area contributed by atoms with E-state index >= 15 is 0 Å². The van der Waals surface area contributed by atoms with Gasteiger partial charge in [-0.2, -0.15) is 0 Å². The van der Waals surface area contributed by atoms with E-state index in [1.807, 2.05) is 55.7 Å². The normalized spacial score (nSPS) is 10.8. The van der Waals surface area contributed by atoms with Crippen LogP contribution in [0.15, 0.2) is 59.3 Å². The average Bonchev–Trinajstić information content (AvgIpc) is 3.28. The Bertz CT molecular complexity index is 1160. The Morgan fingerprint density at radius 1 is 1.00 bits per heavy atom. The van der Waals surface area contributed by atoms with Crippen molar-refractivity contribution in [2.45, 2.75) is 0 Å². The predicted molar refractivity (Wildman–Crippen MR) is 115 cm³/mol. The van der Waals surface area contributed by atoms with E-state index in [1.54, 1.807) is 22.8 Å². The second kappa shape index (κ2) is 7.02. The topological polar surface area (TPSA) is 66.4 Å². The minimum Gasteiger partial charge on any atom is -0.478 e. The molecular weight excluding hydrogens is 377 g/mol. The van der Waals surface area contributed by atoms with Gasteiger partial charge < -0.3 is 10.4 Å². The Hall–Kier alpha value is -2.90. The highest BCUT2D eigenvalue weighted by Crippen LogP contribution is 2.35. The number of carboxylic acids is 1. The molecule has 7 heteroatoms. The fraction of sp³-hybridized carbons (Fsp3) is 0. The van der Waals surface area contributed by atoms with Crippen molar-refractivity contribution in [3.05, 3.63) is 70.4 Å². The molecule has 2 aromatic heterocycles. The predicted octanol–water partition coefficient (Wildman–Crippen LogP) is 3.84. The van der Waals surface area contributed by atoms with Gasteiger partial charge in [0.2, 0.25) is 0 Å². The number of rotatable bonds is 4. The number of hydrogen-bond acceptors (Lipinski definition) is 4. The van der Waals surface area contributed by atoms with Crippen molar-refractivity contribution in [2.24, 2.45) is 0 Å². The highest BCUT2D eigenvalue weighted by atomic mass is 32.1. The van der Waals surface area contributed by atoms with Gasteiger partial charge in [0.25, 0.3) is 5.91 Å². The van der Waals surface area contributed by atoms with Crippen LogP contribution in [0.2, 0.25) is 0 Å². The Morgan fingerprint density at radius 2 is 1.78 bits per heavy atom. The SMILES string of the molecule is Bc1ccc(-c2csc(NC(=O)c3ccc4sccc4c3)c2C(=O)O)cc1. The van der Waals surface area contributed by atoms with Gasteiger partial charge in [-0.15, -0.1) is 22.7 Å². The number of carbonyl (C=O) groups excluding carboxylic acids is 1. The number of aromatic carboxylic acids is 1. The summed E-state index contributed by atoms with van der Waals surface area (Å²) in [4.78, 5) is 24.5. The molecule has 2 N–H and O–H groups in total. The van der Waals surface area contributed by atoms with Gasteiger partial charge in [0.05, 0.1) is 0 Å². The van der Waals surface area contributed by atoms with Gasteiger partial charge in [0.15, 0.2) is 0 Å². The molecule has 0 bridgehead atoms. The number of amides is 1. The van der Waals surface area contributed by atoms with Crippen molar-refractivity contribution in [3.63, 3.8) is 0 Å². The molecule has 4 aromatic rings. The molecule has 0 unspecified atom stereocenters. The summed E-state index contributed by atoms with van der Waals surface area (Å²) in [5.41, 5.74) is 3.14. The first-order chi connectivity index (χ1) is 13.0. The van der Waals surface area contributed by atoms with E-state index in [2.05, 4.69) is 5.32 Å². The Labute approximate surface area is 164 Å². The molecule has 4 nitrogen and oxygen atoms in total. The average molecular weight is 391 g/mol. The fourth-order valence-electron chi connectivity index (χ4n) is 2.89. The van der Waals surface area contributed by atoms with Crippen LogP contribution in [0.1, 0.15) is 20.7 Å². The molecule has 2 heterocycles. The van der Waals surface area contributed by atoms with E-state index in [-0.39, 0.29) is 11.5 Å². The number of carbonyl (C=O) groups is 2. The van der Waals surface area contributed by atoms with Crippen molar-refractivity contribution in [1.29, 1.82) is 0 Å². The van der Waals surface area contributed by atoms with Crippen LogP contribution < -0.4 is 10.8 Å². The number of fused-ring (bicyclic) bond motifs is 1. The molecule has 0 spiro atoms. The third-order valence-corrected chi connectivity index (χ3v) is 6.10. The maximum absolute atomic E-state index is 12.7. The van der Waals surface area contributed by atoms with E-state index < -0.39 is 5.97 Å². The van der Waals surface area contributed by atoms with Crippen LogP contribution in [0.25, 0.3) is 21.2 Å². The van der Waals surface area contributed by atoms with E-state index in [1.165, 1.54) is 11.3 Å². The molecule has 0 saturated heterocycles. The first kappa shape index (κ1) is 17.5. The summed E-state index contributed by atoms with van der Waals surface area (Å²) in [5, 5.41) is 17.6. The maximum atomic E-state index is 12.7. The Balaban J connectivity index is 1.68. The minimum absolute atomic E-state index is 0.119. The molecule has 4 rings (SSSR count). The van der Waals surface area contributed by atoms with Crippen molar-refractivity contribution in [2.75, 3.05) is 5.32 Å². The van der Waals surface area contributed by atoms with E-state index in [9.17, 15) is 14.7 Å². The second-order valence-corrected chi connectivity index (χ2v) is 7.98. The lowest BCUT2D eigenvalue weighted by Crippen LogP contribution is -2.13. The molecule has 0 saturated carbocycles. The van der Waals surface area contributed by atoms with Crippen molar-refractivity contribution >= 4 is 62.9 Å². The summed E-state index contributed by atoms with van der Waals surface area (Å²) >= 11 is 2.83. The molecule has 0 aliphatic heterocycles. The molecule has 0 aliphatic carbocycles. The maximum Gasteiger partial charge on any atom is 0.339 e. The van der Waals surface area contributed by atoms with Crippen LogP contribution in [0.4, 0.5) is 5.00 Å². The van der Waals surface area contributed by atoms with Crippen molar-refractivity contribution < 1.29 is 14.7 Å². The van der Waals surface area contributed by atoms with Crippen LogP contribution in [0, 0.1) is 0 Å².